The minimum absolute atomic E-state index is 0.0812. The van der Waals surface area contributed by atoms with Crippen molar-refractivity contribution in [2.45, 2.75) is 26.2 Å². The molecule has 0 aliphatic rings. The lowest BCUT2D eigenvalue weighted by molar-refractivity contribution is 0.587. The number of fused-ring (bicyclic) bond motifs is 1. The van der Waals surface area contributed by atoms with Crippen LogP contribution in [0.1, 0.15) is 25.8 Å². The Morgan fingerprint density at radius 2 is 2.07 bits per heavy atom. The van der Waals surface area contributed by atoms with Crippen molar-refractivity contribution < 1.29 is 0 Å². The molecule has 0 aliphatic heterocycles. The molecular formula is C10H11ClN2S. The second-order valence-corrected chi connectivity index (χ2v) is 5.66. The number of hydrogen-bond acceptors (Lipinski definition) is 3. The first-order valence-corrected chi connectivity index (χ1v) is 5.59. The van der Waals surface area contributed by atoms with Gasteiger partial charge in [-0.1, -0.05) is 43.7 Å². The highest BCUT2D eigenvalue weighted by Gasteiger charge is 2.19. The summed E-state index contributed by atoms with van der Waals surface area (Å²) < 4.78 is 0. The molecule has 0 unspecified atom stereocenters. The first kappa shape index (κ1) is 9.87. The smallest absolute Gasteiger partial charge is 0.143 e. The third-order valence-electron chi connectivity index (χ3n) is 1.86. The fraction of sp³-hybridized carbons (Fsp3) is 0.400. The van der Waals surface area contributed by atoms with E-state index in [0.717, 1.165) is 15.4 Å². The molecule has 4 heteroatoms. The summed E-state index contributed by atoms with van der Waals surface area (Å²) >= 11 is 7.48. The predicted molar refractivity (Wildman–Crippen MR) is 61.1 cm³/mol. The summed E-state index contributed by atoms with van der Waals surface area (Å²) in [6.45, 7) is 6.44. The van der Waals surface area contributed by atoms with Crippen LogP contribution >= 0.6 is 22.9 Å². The summed E-state index contributed by atoms with van der Waals surface area (Å²) in [5, 5.41) is 1.74. The van der Waals surface area contributed by atoms with Crippen LogP contribution in [0.2, 0.25) is 5.02 Å². The zero-order valence-electron chi connectivity index (χ0n) is 8.34. The standard InChI is InChI=1S/C10H11ClN2S/c1-10(2,3)9-13-7-4-6(11)5-12-8(7)14-9/h4-5H,1-3H3. The molecule has 0 N–H and O–H groups in total. The van der Waals surface area contributed by atoms with Gasteiger partial charge in [0.25, 0.3) is 0 Å². The highest BCUT2D eigenvalue weighted by atomic mass is 35.5. The average Bonchev–Trinajstić information content (AvgIpc) is 2.45. The highest BCUT2D eigenvalue weighted by Crippen LogP contribution is 2.30. The summed E-state index contributed by atoms with van der Waals surface area (Å²) in [6, 6.07) is 1.86. The SMILES string of the molecule is CC(C)(C)c1nc2cc(Cl)cnc2s1. The first-order chi connectivity index (χ1) is 6.47. The van der Waals surface area contributed by atoms with E-state index in [1.807, 2.05) is 6.07 Å². The third-order valence-corrected chi connectivity index (χ3v) is 3.47. The number of rotatable bonds is 0. The predicted octanol–water partition coefficient (Wildman–Crippen LogP) is 3.64. The van der Waals surface area contributed by atoms with E-state index < -0.39 is 0 Å². The van der Waals surface area contributed by atoms with Gasteiger partial charge in [0.2, 0.25) is 0 Å². The molecule has 14 heavy (non-hydrogen) atoms. The summed E-state index contributed by atoms with van der Waals surface area (Å²) in [6.07, 6.45) is 1.66. The Morgan fingerprint density at radius 3 is 2.71 bits per heavy atom. The topological polar surface area (TPSA) is 25.8 Å². The monoisotopic (exact) mass is 226 g/mol. The number of nitrogens with zero attached hydrogens (tertiary/aromatic N) is 2. The van der Waals surface area contributed by atoms with Gasteiger partial charge in [-0.2, -0.15) is 0 Å². The molecule has 2 heterocycles. The third kappa shape index (κ3) is 1.74. The highest BCUT2D eigenvalue weighted by molar-refractivity contribution is 7.18. The molecule has 0 spiro atoms. The van der Waals surface area contributed by atoms with Crippen LogP contribution in [0.15, 0.2) is 12.3 Å². The Bertz CT molecular complexity index is 470. The molecule has 2 rings (SSSR count). The summed E-state index contributed by atoms with van der Waals surface area (Å²) in [5.41, 5.74) is 0.977. The maximum Gasteiger partial charge on any atom is 0.143 e. The van der Waals surface area contributed by atoms with Crippen molar-refractivity contribution in [1.82, 2.24) is 9.97 Å². The molecule has 2 aromatic rings. The van der Waals surface area contributed by atoms with Crippen molar-refractivity contribution in [3.05, 3.63) is 22.3 Å². The Morgan fingerprint density at radius 1 is 1.36 bits per heavy atom. The molecular weight excluding hydrogens is 216 g/mol. The Labute approximate surface area is 92.0 Å². The van der Waals surface area contributed by atoms with Crippen LogP contribution in [0.3, 0.4) is 0 Å². The molecule has 74 valence electrons. The van der Waals surface area contributed by atoms with Crippen LogP contribution in [-0.4, -0.2) is 9.97 Å². The maximum atomic E-state index is 5.84. The number of aromatic nitrogens is 2. The van der Waals surface area contributed by atoms with E-state index in [2.05, 4.69) is 30.7 Å². The van der Waals surface area contributed by atoms with Crippen LogP contribution in [0.5, 0.6) is 0 Å². The van der Waals surface area contributed by atoms with Crippen LogP contribution in [-0.2, 0) is 5.41 Å². The number of hydrogen-bond donors (Lipinski definition) is 0. The Kier molecular flexibility index (Phi) is 2.24. The van der Waals surface area contributed by atoms with E-state index in [4.69, 9.17) is 11.6 Å². The van der Waals surface area contributed by atoms with Gasteiger partial charge < -0.3 is 0 Å². The molecule has 2 aromatic heterocycles. The van der Waals surface area contributed by atoms with Gasteiger partial charge in [-0.05, 0) is 6.07 Å². The lowest BCUT2D eigenvalue weighted by Crippen LogP contribution is -2.09. The van der Waals surface area contributed by atoms with Crippen molar-refractivity contribution >= 4 is 33.3 Å². The van der Waals surface area contributed by atoms with Gasteiger partial charge in [-0.25, -0.2) is 9.97 Å². The van der Waals surface area contributed by atoms with E-state index in [-0.39, 0.29) is 5.41 Å². The van der Waals surface area contributed by atoms with Crippen LogP contribution in [0, 0.1) is 0 Å². The number of pyridine rings is 1. The summed E-state index contributed by atoms with van der Waals surface area (Å²) in [7, 11) is 0. The molecule has 0 amide bonds. The number of halogens is 1. The second-order valence-electron chi connectivity index (χ2n) is 4.25. The quantitative estimate of drug-likeness (QED) is 0.686. The average molecular weight is 227 g/mol. The zero-order valence-corrected chi connectivity index (χ0v) is 9.91. The zero-order chi connectivity index (χ0) is 10.3. The Balaban J connectivity index is 2.63. The van der Waals surface area contributed by atoms with E-state index in [9.17, 15) is 0 Å². The Hall–Kier alpha value is -0.670. The minimum atomic E-state index is 0.0812. The largest absolute Gasteiger partial charge is 0.242 e. The van der Waals surface area contributed by atoms with Crippen LogP contribution < -0.4 is 0 Å². The molecule has 0 aliphatic carbocycles. The van der Waals surface area contributed by atoms with Crippen molar-refractivity contribution in [3.8, 4) is 0 Å². The van der Waals surface area contributed by atoms with Crippen molar-refractivity contribution in [2.75, 3.05) is 0 Å². The van der Waals surface area contributed by atoms with Gasteiger partial charge in [0.1, 0.15) is 15.4 Å². The molecule has 0 bridgehead atoms. The molecule has 0 fully saturated rings. The van der Waals surface area contributed by atoms with E-state index in [0.29, 0.717) is 5.02 Å². The van der Waals surface area contributed by atoms with Crippen molar-refractivity contribution in [3.63, 3.8) is 0 Å². The van der Waals surface area contributed by atoms with Gasteiger partial charge >= 0.3 is 0 Å². The van der Waals surface area contributed by atoms with Crippen molar-refractivity contribution in [1.29, 1.82) is 0 Å². The number of thiazole rings is 1. The molecule has 0 saturated carbocycles. The van der Waals surface area contributed by atoms with Gasteiger partial charge in [0, 0.05) is 11.6 Å². The fourth-order valence-electron chi connectivity index (χ4n) is 1.12. The summed E-state index contributed by atoms with van der Waals surface area (Å²) in [4.78, 5) is 9.71. The van der Waals surface area contributed by atoms with Gasteiger partial charge in [0.15, 0.2) is 0 Å². The normalized spacial score (nSPS) is 12.3. The lowest BCUT2D eigenvalue weighted by atomic mass is 9.98. The second kappa shape index (κ2) is 3.17. The fourth-order valence-corrected chi connectivity index (χ4v) is 2.22. The molecule has 0 saturated heterocycles. The van der Waals surface area contributed by atoms with Gasteiger partial charge in [-0.15, -0.1) is 0 Å². The van der Waals surface area contributed by atoms with E-state index >= 15 is 0 Å². The molecule has 0 aromatic carbocycles. The van der Waals surface area contributed by atoms with Gasteiger partial charge in [-0.3, -0.25) is 0 Å². The minimum Gasteiger partial charge on any atom is -0.242 e. The van der Waals surface area contributed by atoms with Crippen LogP contribution in [0.25, 0.3) is 10.3 Å². The molecule has 0 atom stereocenters. The first-order valence-electron chi connectivity index (χ1n) is 4.39. The van der Waals surface area contributed by atoms with E-state index in [1.54, 1.807) is 17.5 Å². The molecule has 2 nitrogen and oxygen atoms in total. The van der Waals surface area contributed by atoms with Crippen molar-refractivity contribution in [2.24, 2.45) is 0 Å². The van der Waals surface area contributed by atoms with E-state index in [1.165, 1.54) is 0 Å². The van der Waals surface area contributed by atoms with Crippen LogP contribution in [0.4, 0.5) is 0 Å². The van der Waals surface area contributed by atoms with Gasteiger partial charge in [0.05, 0.1) is 5.02 Å². The summed E-state index contributed by atoms with van der Waals surface area (Å²) in [5.74, 6) is 0. The molecule has 0 radical (unpaired) electrons. The lowest BCUT2D eigenvalue weighted by Gasteiger charge is -2.12. The maximum absolute atomic E-state index is 5.84.